The van der Waals surface area contributed by atoms with Gasteiger partial charge < -0.3 is 4.90 Å². The van der Waals surface area contributed by atoms with Crippen LogP contribution >= 0.6 is 0 Å². The first kappa shape index (κ1) is 14.1. The summed E-state index contributed by atoms with van der Waals surface area (Å²) in [6, 6.07) is 10.7. The average Bonchev–Trinajstić information content (AvgIpc) is 2.39. The van der Waals surface area contributed by atoms with Crippen molar-refractivity contribution >= 4 is 5.84 Å². The number of benzene rings is 1. The molecule has 0 aliphatic carbocycles. The van der Waals surface area contributed by atoms with E-state index in [4.69, 9.17) is 4.99 Å². The molecule has 2 heteroatoms. The van der Waals surface area contributed by atoms with Gasteiger partial charge in [0.25, 0.3) is 0 Å². The van der Waals surface area contributed by atoms with Crippen molar-refractivity contribution in [2.75, 3.05) is 13.1 Å². The summed E-state index contributed by atoms with van der Waals surface area (Å²) in [5.74, 6) is 1.26. The summed E-state index contributed by atoms with van der Waals surface area (Å²) in [5.41, 5.74) is 1.36. The molecule has 2 rings (SSSR count). The molecule has 0 atom stereocenters. The monoisotopic (exact) mass is 258 g/mol. The van der Waals surface area contributed by atoms with Crippen molar-refractivity contribution in [1.29, 1.82) is 0 Å². The number of aliphatic imine (C=N–C) groups is 1. The van der Waals surface area contributed by atoms with Crippen LogP contribution in [0, 0.1) is 0 Å². The van der Waals surface area contributed by atoms with Crippen LogP contribution in [0.25, 0.3) is 0 Å². The van der Waals surface area contributed by atoms with Crippen molar-refractivity contribution in [3.05, 3.63) is 35.9 Å². The average molecular weight is 258 g/mol. The van der Waals surface area contributed by atoms with Crippen LogP contribution < -0.4 is 0 Å². The Balaban J connectivity index is 2.17. The maximum atomic E-state index is 4.97. The third kappa shape index (κ3) is 4.70. The van der Waals surface area contributed by atoms with Gasteiger partial charge in [0.2, 0.25) is 0 Å². The normalized spacial score (nSPS) is 17.6. The fourth-order valence-corrected chi connectivity index (χ4v) is 2.54. The van der Waals surface area contributed by atoms with Gasteiger partial charge in [0.05, 0.1) is 5.54 Å². The lowest BCUT2D eigenvalue weighted by atomic mass is 10.1. The molecule has 0 spiro atoms. The molecule has 104 valence electrons. The predicted octanol–water partition coefficient (Wildman–Crippen LogP) is 3.91. The summed E-state index contributed by atoms with van der Waals surface area (Å²) in [4.78, 5) is 7.46. The lowest BCUT2D eigenvalue weighted by molar-refractivity contribution is 0.333. The van der Waals surface area contributed by atoms with Crippen LogP contribution in [0.4, 0.5) is 0 Å². The van der Waals surface area contributed by atoms with Gasteiger partial charge in [0.1, 0.15) is 5.84 Å². The molecule has 0 bridgehead atoms. The summed E-state index contributed by atoms with van der Waals surface area (Å²) in [7, 11) is 0. The van der Waals surface area contributed by atoms with E-state index in [9.17, 15) is 0 Å². The zero-order valence-corrected chi connectivity index (χ0v) is 12.5. The molecule has 0 saturated carbocycles. The molecule has 0 amide bonds. The van der Waals surface area contributed by atoms with Crippen molar-refractivity contribution in [3.8, 4) is 0 Å². The number of rotatable bonds is 2. The van der Waals surface area contributed by atoms with Crippen LogP contribution in [0.3, 0.4) is 0 Å². The fourth-order valence-electron chi connectivity index (χ4n) is 2.54. The molecule has 2 nitrogen and oxygen atoms in total. The fraction of sp³-hybridized carbons (Fsp3) is 0.588. The van der Waals surface area contributed by atoms with Crippen LogP contribution in [0.1, 0.15) is 45.6 Å². The molecule has 1 saturated heterocycles. The van der Waals surface area contributed by atoms with Gasteiger partial charge >= 0.3 is 0 Å². The van der Waals surface area contributed by atoms with Gasteiger partial charge in [-0.25, -0.2) is 0 Å². The van der Waals surface area contributed by atoms with Gasteiger partial charge in [0, 0.05) is 19.5 Å². The molecule has 1 aromatic carbocycles. The Morgan fingerprint density at radius 2 is 1.68 bits per heavy atom. The molecule has 0 radical (unpaired) electrons. The highest BCUT2D eigenvalue weighted by atomic mass is 15.2. The second-order valence-electron chi connectivity index (χ2n) is 6.41. The summed E-state index contributed by atoms with van der Waals surface area (Å²) in [6.07, 6.45) is 4.93. The minimum Gasteiger partial charge on any atom is -0.360 e. The van der Waals surface area contributed by atoms with Crippen molar-refractivity contribution < 1.29 is 0 Å². The van der Waals surface area contributed by atoms with E-state index in [2.05, 4.69) is 56.0 Å². The Kier molecular flexibility index (Phi) is 4.62. The number of hydrogen-bond donors (Lipinski definition) is 0. The second kappa shape index (κ2) is 6.23. The highest BCUT2D eigenvalue weighted by Crippen LogP contribution is 2.16. The van der Waals surface area contributed by atoms with Crippen LogP contribution in [-0.2, 0) is 6.42 Å². The van der Waals surface area contributed by atoms with E-state index in [-0.39, 0.29) is 5.54 Å². The van der Waals surface area contributed by atoms with Gasteiger partial charge in [-0.3, -0.25) is 4.99 Å². The maximum Gasteiger partial charge on any atom is 0.104 e. The standard InChI is InChI=1S/C17H26N2/c1-17(2,3)18-16(19-12-8-5-9-13-19)14-15-10-6-4-7-11-15/h4,6-7,10-11H,5,8-9,12-14H2,1-3H3. The van der Waals surface area contributed by atoms with E-state index < -0.39 is 0 Å². The summed E-state index contributed by atoms with van der Waals surface area (Å²) in [5, 5.41) is 0. The molecule has 1 aromatic rings. The largest absolute Gasteiger partial charge is 0.360 e. The van der Waals surface area contributed by atoms with Crippen molar-refractivity contribution in [2.24, 2.45) is 4.99 Å². The summed E-state index contributed by atoms with van der Waals surface area (Å²) < 4.78 is 0. The highest BCUT2D eigenvalue weighted by Gasteiger charge is 2.18. The molecule has 0 unspecified atom stereocenters. The van der Waals surface area contributed by atoms with Gasteiger partial charge in [0.15, 0.2) is 0 Å². The van der Waals surface area contributed by atoms with Crippen LogP contribution in [0.5, 0.6) is 0 Å². The quantitative estimate of drug-likeness (QED) is 0.580. The first-order valence-electron chi connectivity index (χ1n) is 7.42. The van der Waals surface area contributed by atoms with Crippen LogP contribution in [0.2, 0.25) is 0 Å². The molecule has 1 heterocycles. The van der Waals surface area contributed by atoms with E-state index in [1.165, 1.54) is 43.8 Å². The number of hydrogen-bond acceptors (Lipinski definition) is 1. The van der Waals surface area contributed by atoms with Gasteiger partial charge in [-0.1, -0.05) is 30.3 Å². The smallest absolute Gasteiger partial charge is 0.104 e. The second-order valence-corrected chi connectivity index (χ2v) is 6.41. The third-order valence-corrected chi connectivity index (χ3v) is 3.39. The van der Waals surface area contributed by atoms with Gasteiger partial charge in [-0.05, 0) is 45.6 Å². The SMILES string of the molecule is CC(C)(C)N=C(Cc1ccccc1)N1CCCCC1. The van der Waals surface area contributed by atoms with Crippen LogP contribution in [0.15, 0.2) is 35.3 Å². The Bertz CT molecular complexity index is 409. The summed E-state index contributed by atoms with van der Waals surface area (Å²) >= 11 is 0. The molecule has 1 aliphatic rings. The molecule has 0 N–H and O–H groups in total. The molecule has 1 aliphatic heterocycles. The van der Waals surface area contributed by atoms with Crippen molar-refractivity contribution in [1.82, 2.24) is 4.90 Å². The number of nitrogens with zero attached hydrogens (tertiary/aromatic N) is 2. The molecular weight excluding hydrogens is 232 g/mol. The van der Waals surface area contributed by atoms with E-state index in [0.29, 0.717) is 0 Å². The third-order valence-electron chi connectivity index (χ3n) is 3.39. The Hall–Kier alpha value is -1.31. The number of amidine groups is 1. The molecule has 1 fully saturated rings. The topological polar surface area (TPSA) is 15.6 Å². The predicted molar refractivity (Wildman–Crippen MR) is 82.8 cm³/mol. The Morgan fingerprint density at radius 1 is 1.05 bits per heavy atom. The van der Waals surface area contributed by atoms with E-state index in [0.717, 1.165) is 6.42 Å². The van der Waals surface area contributed by atoms with E-state index >= 15 is 0 Å². The maximum absolute atomic E-state index is 4.97. The Morgan fingerprint density at radius 3 is 2.26 bits per heavy atom. The van der Waals surface area contributed by atoms with Gasteiger partial charge in [-0.15, -0.1) is 0 Å². The van der Waals surface area contributed by atoms with Crippen molar-refractivity contribution in [3.63, 3.8) is 0 Å². The minimum atomic E-state index is 0.00155. The van der Waals surface area contributed by atoms with E-state index in [1.807, 2.05) is 0 Å². The molecular formula is C17H26N2. The number of likely N-dealkylation sites (tertiary alicyclic amines) is 1. The van der Waals surface area contributed by atoms with Crippen LogP contribution in [-0.4, -0.2) is 29.4 Å². The highest BCUT2D eigenvalue weighted by molar-refractivity contribution is 5.85. The van der Waals surface area contributed by atoms with Gasteiger partial charge in [-0.2, -0.15) is 0 Å². The number of piperidine rings is 1. The Labute approximate surface area is 117 Å². The zero-order chi connectivity index (χ0) is 13.7. The molecule has 0 aromatic heterocycles. The molecule has 19 heavy (non-hydrogen) atoms. The first-order chi connectivity index (χ1) is 9.04. The first-order valence-corrected chi connectivity index (χ1v) is 7.42. The zero-order valence-electron chi connectivity index (χ0n) is 12.5. The lowest BCUT2D eigenvalue weighted by Gasteiger charge is -2.32. The minimum absolute atomic E-state index is 0.00155. The van der Waals surface area contributed by atoms with Crippen molar-refractivity contribution in [2.45, 2.75) is 52.0 Å². The lowest BCUT2D eigenvalue weighted by Crippen LogP contribution is -2.38. The summed E-state index contributed by atoms with van der Waals surface area (Å²) in [6.45, 7) is 8.88. The van der Waals surface area contributed by atoms with E-state index in [1.54, 1.807) is 0 Å².